The Morgan fingerprint density at radius 3 is 2.75 bits per heavy atom. The van der Waals surface area contributed by atoms with E-state index in [-0.39, 0.29) is 6.15 Å². The topological polar surface area (TPSA) is 47.5 Å². The van der Waals surface area contributed by atoms with E-state index in [2.05, 4.69) is 31.1 Å². The molecular weight excluding hydrogens is 200 g/mol. The van der Waals surface area contributed by atoms with E-state index in [4.69, 9.17) is 4.74 Å². The molecule has 0 saturated heterocycles. The van der Waals surface area contributed by atoms with E-state index in [1.807, 2.05) is 0 Å². The highest BCUT2D eigenvalue weighted by atomic mass is 16.5. The zero-order valence-electron chi connectivity index (χ0n) is 10.1. The van der Waals surface area contributed by atoms with E-state index in [1.54, 1.807) is 0 Å². The number of ether oxygens (including phenoxy) is 1. The zero-order valence-corrected chi connectivity index (χ0v) is 10.1. The van der Waals surface area contributed by atoms with Gasteiger partial charge in [0.15, 0.2) is 0 Å². The van der Waals surface area contributed by atoms with Gasteiger partial charge in [0.1, 0.15) is 11.9 Å². The quantitative estimate of drug-likeness (QED) is 0.847. The molecule has 3 aliphatic rings. The molecule has 88 valence electrons. The smallest absolute Gasteiger partial charge is 0.128 e. The average Bonchev–Trinajstić information content (AvgIpc) is 2.72. The van der Waals surface area contributed by atoms with E-state index in [0.717, 1.165) is 19.4 Å². The van der Waals surface area contributed by atoms with Gasteiger partial charge < -0.3 is 15.8 Å². The van der Waals surface area contributed by atoms with Crippen LogP contribution in [0, 0.1) is 0 Å². The third-order valence-corrected chi connectivity index (χ3v) is 3.35. The second-order valence-electron chi connectivity index (χ2n) is 4.89. The fraction of sp³-hybridized carbons (Fsp3) is 0.538. The molecule has 0 amide bonds. The van der Waals surface area contributed by atoms with E-state index < -0.39 is 0 Å². The van der Waals surface area contributed by atoms with Gasteiger partial charge in [-0.1, -0.05) is 0 Å². The molecule has 1 unspecified atom stereocenters. The number of fused-ring (bicyclic) bond motifs is 1. The molecule has 3 nitrogen and oxygen atoms in total. The normalized spacial score (nSPS) is 19.1. The van der Waals surface area contributed by atoms with Crippen molar-refractivity contribution in [3.63, 3.8) is 0 Å². The minimum atomic E-state index is 0. The maximum Gasteiger partial charge on any atom is 0.128 e. The molecule has 0 radical (unpaired) electrons. The number of rotatable bonds is 4. The van der Waals surface area contributed by atoms with Gasteiger partial charge in [0.25, 0.3) is 0 Å². The Morgan fingerprint density at radius 2 is 2.19 bits per heavy atom. The maximum absolute atomic E-state index is 5.86. The van der Waals surface area contributed by atoms with Gasteiger partial charge in [0.2, 0.25) is 0 Å². The number of hydrogen-bond acceptors (Lipinski definition) is 3. The summed E-state index contributed by atoms with van der Waals surface area (Å²) in [6, 6.07) is 4.65. The van der Waals surface area contributed by atoms with Crippen LogP contribution in [0.5, 0.6) is 5.75 Å². The predicted molar refractivity (Wildman–Crippen MR) is 65.4 cm³/mol. The molecule has 1 atom stereocenters. The van der Waals surface area contributed by atoms with Crippen LogP contribution in [0.2, 0.25) is 0 Å². The van der Waals surface area contributed by atoms with Crippen LogP contribution in [0.1, 0.15) is 29.2 Å². The predicted octanol–water partition coefficient (Wildman–Crippen LogP) is 2.33. The average molecular weight is 220 g/mol. The van der Waals surface area contributed by atoms with Crippen molar-refractivity contribution in [2.24, 2.45) is 0 Å². The second kappa shape index (κ2) is 4.07. The number of benzene rings is 1. The van der Waals surface area contributed by atoms with Crippen molar-refractivity contribution in [2.75, 3.05) is 20.6 Å². The summed E-state index contributed by atoms with van der Waals surface area (Å²) in [5, 5.41) is 0. The molecule has 16 heavy (non-hydrogen) atoms. The molecule has 0 saturated carbocycles. The highest BCUT2D eigenvalue weighted by molar-refractivity contribution is 5.54. The summed E-state index contributed by atoms with van der Waals surface area (Å²) < 4.78 is 5.86. The Morgan fingerprint density at radius 1 is 1.38 bits per heavy atom. The SMILES string of the molecule is CN(C)CCCc1cc2cc3c1OC2C3.N. The van der Waals surface area contributed by atoms with E-state index >= 15 is 0 Å². The van der Waals surface area contributed by atoms with Crippen LogP contribution in [-0.4, -0.2) is 25.5 Å². The van der Waals surface area contributed by atoms with Gasteiger partial charge in [-0.2, -0.15) is 0 Å². The third kappa shape index (κ3) is 1.70. The summed E-state index contributed by atoms with van der Waals surface area (Å²) in [5.74, 6) is 1.20. The summed E-state index contributed by atoms with van der Waals surface area (Å²) in [7, 11) is 4.25. The first-order valence-electron chi connectivity index (χ1n) is 5.71. The molecule has 3 N–H and O–H groups in total. The van der Waals surface area contributed by atoms with Gasteiger partial charge in [0, 0.05) is 6.42 Å². The first-order chi connectivity index (χ1) is 7.24. The third-order valence-electron chi connectivity index (χ3n) is 3.35. The van der Waals surface area contributed by atoms with Gasteiger partial charge in [0.05, 0.1) is 0 Å². The standard InChI is InChI=1S/C13H17NO.H3N/c1-14(2)5-3-4-9-6-10-7-11-8-12(10)15-13(9)11;/h6-7,12H,3-5,8H2,1-2H3;1H3. The largest absolute Gasteiger partial charge is 0.485 e. The van der Waals surface area contributed by atoms with Crippen molar-refractivity contribution in [1.82, 2.24) is 11.1 Å². The molecule has 3 heteroatoms. The first kappa shape index (κ1) is 11.4. The van der Waals surface area contributed by atoms with Crippen LogP contribution in [0.25, 0.3) is 0 Å². The summed E-state index contributed by atoms with van der Waals surface area (Å²) in [6.45, 7) is 1.16. The molecule has 2 aliphatic heterocycles. The van der Waals surface area contributed by atoms with Crippen molar-refractivity contribution < 1.29 is 4.74 Å². The molecule has 4 bridgehead atoms. The molecule has 4 rings (SSSR count). The Labute approximate surface area is 97.0 Å². The van der Waals surface area contributed by atoms with Crippen LogP contribution in [0.15, 0.2) is 12.1 Å². The van der Waals surface area contributed by atoms with Crippen LogP contribution >= 0.6 is 0 Å². The second-order valence-corrected chi connectivity index (χ2v) is 4.89. The van der Waals surface area contributed by atoms with Crippen molar-refractivity contribution in [3.8, 4) is 5.75 Å². The van der Waals surface area contributed by atoms with E-state index in [9.17, 15) is 0 Å². The van der Waals surface area contributed by atoms with Crippen molar-refractivity contribution in [1.29, 1.82) is 0 Å². The van der Waals surface area contributed by atoms with Gasteiger partial charge in [-0.25, -0.2) is 0 Å². The molecule has 1 aliphatic carbocycles. The lowest BCUT2D eigenvalue weighted by atomic mass is 10.0. The lowest BCUT2D eigenvalue weighted by Gasteiger charge is -2.19. The highest BCUT2D eigenvalue weighted by Crippen LogP contribution is 2.47. The molecule has 0 fully saturated rings. The van der Waals surface area contributed by atoms with Crippen molar-refractivity contribution in [2.45, 2.75) is 25.4 Å². The van der Waals surface area contributed by atoms with Crippen molar-refractivity contribution >= 4 is 0 Å². The minimum absolute atomic E-state index is 0. The Kier molecular flexibility index (Phi) is 2.91. The summed E-state index contributed by atoms with van der Waals surface area (Å²) in [5.41, 5.74) is 4.27. The summed E-state index contributed by atoms with van der Waals surface area (Å²) in [6.07, 6.45) is 3.88. The van der Waals surface area contributed by atoms with E-state index in [0.29, 0.717) is 6.10 Å². The van der Waals surface area contributed by atoms with Crippen LogP contribution in [-0.2, 0) is 12.8 Å². The zero-order chi connectivity index (χ0) is 10.4. The molecule has 0 aromatic heterocycles. The van der Waals surface area contributed by atoms with E-state index in [1.165, 1.54) is 28.9 Å². The monoisotopic (exact) mass is 220 g/mol. The highest BCUT2D eigenvalue weighted by Gasteiger charge is 2.34. The number of nitrogens with zero attached hydrogens (tertiary/aromatic N) is 1. The fourth-order valence-corrected chi connectivity index (χ4v) is 2.61. The van der Waals surface area contributed by atoms with Gasteiger partial charge in [-0.15, -0.1) is 0 Å². The van der Waals surface area contributed by atoms with Crippen molar-refractivity contribution in [3.05, 3.63) is 28.8 Å². The Hall–Kier alpha value is -1.06. The van der Waals surface area contributed by atoms with Gasteiger partial charge in [-0.3, -0.25) is 0 Å². The first-order valence-corrected chi connectivity index (χ1v) is 5.71. The van der Waals surface area contributed by atoms with Gasteiger partial charge >= 0.3 is 0 Å². The van der Waals surface area contributed by atoms with Crippen LogP contribution in [0.4, 0.5) is 0 Å². The van der Waals surface area contributed by atoms with Crippen LogP contribution in [0.3, 0.4) is 0 Å². The fourth-order valence-electron chi connectivity index (χ4n) is 2.61. The van der Waals surface area contributed by atoms with Crippen LogP contribution < -0.4 is 10.9 Å². The van der Waals surface area contributed by atoms with Gasteiger partial charge in [-0.05, 0) is 62.3 Å². The Balaban J connectivity index is 0.000000963. The lowest BCUT2D eigenvalue weighted by Crippen LogP contribution is -2.14. The number of hydrogen-bond donors (Lipinski definition) is 1. The molecule has 1 aromatic rings. The molecular formula is C13H20N2O. The summed E-state index contributed by atoms with van der Waals surface area (Å²) >= 11 is 0. The Bertz CT molecular complexity index is 401. The number of aryl methyl sites for hydroxylation is 1. The minimum Gasteiger partial charge on any atom is -0.485 e. The molecule has 2 heterocycles. The maximum atomic E-state index is 5.86. The lowest BCUT2D eigenvalue weighted by molar-refractivity contribution is 0.231. The summed E-state index contributed by atoms with van der Waals surface area (Å²) in [4.78, 5) is 2.24. The molecule has 1 aromatic carbocycles. The molecule has 0 spiro atoms.